The fourth-order valence-corrected chi connectivity index (χ4v) is 5.18. The molecule has 1 aromatic rings. The molecule has 1 aromatic carbocycles. The van der Waals surface area contributed by atoms with E-state index in [1.807, 2.05) is 6.92 Å². The van der Waals surface area contributed by atoms with Gasteiger partial charge in [0.2, 0.25) is 10.0 Å². The van der Waals surface area contributed by atoms with E-state index >= 15 is 0 Å². The highest BCUT2D eigenvalue weighted by atomic mass is 32.2. The van der Waals surface area contributed by atoms with Crippen molar-refractivity contribution in [1.29, 1.82) is 0 Å². The van der Waals surface area contributed by atoms with Crippen LogP contribution in [0.2, 0.25) is 0 Å². The molecule has 0 saturated carbocycles. The minimum absolute atomic E-state index is 0.0126. The first-order valence-electron chi connectivity index (χ1n) is 7.77. The van der Waals surface area contributed by atoms with E-state index < -0.39 is 19.9 Å². The first-order valence-corrected chi connectivity index (χ1v) is 10.9. The van der Waals surface area contributed by atoms with Crippen molar-refractivity contribution in [3.63, 3.8) is 0 Å². The number of nitrogens with zero attached hydrogens (tertiary/aromatic N) is 1. The molecule has 0 spiro atoms. The van der Waals surface area contributed by atoms with Crippen molar-refractivity contribution in [2.75, 3.05) is 18.8 Å². The molecule has 2 rings (SSSR count). The van der Waals surface area contributed by atoms with Gasteiger partial charge in [0.1, 0.15) is 0 Å². The van der Waals surface area contributed by atoms with Crippen molar-refractivity contribution in [3.05, 3.63) is 24.3 Å². The summed E-state index contributed by atoms with van der Waals surface area (Å²) in [5.41, 5.74) is 5.91. The summed E-state index contributed by atoms with van der Waals surface area (Å²) in [5.74, 6) is 0.139. The zero-order valence-electron chi connectivity index (χ0n) is 13.5. The standard InChI is InChI=1S/C15H24N2O4S2/c1-3-22(18,19)14-6-8-15(9-7-14)23(20,21)17-10-4-5-13(11-17)12(2)16/h6-9,12-13H,3-5,10-11,16H2,1-2H3. The topological polar surface area (TPSA) is 97.5 Å². The monoisotopic (exact) mass is 360 g/mol. The van der Waals surface area contributed by atoms with E-state index in [-0.39, 0.29) is 27.5 Å². The summed E-state index contributed by atoms with van der Waals surface area (Å²) in [6.45, 7) is 4.34. The van der Waals surface area contributed by atoms with Gasteiger partial charge in [-0.2, -0.15) is 4.31 Å². The second-order valence-electron chi connectivity index (χ2n) is 6.00. The van der Waals surface area contributed by atoms with Crippen LogP contribution in [0.25, 0.3) is 0 Å². The van der Waals surface area contributed by atoms with Crippen molar-refractivity contribution in [2.24, 2.45) is 11.7 Å². The number of nitrogens with two attached hydrogens (primary N) is 1. The lowest BCUT2D eigenvalue weighted by Gasteiger charge is -2.33. The maximum absolute atomic E-state index is 12.7. The van der Waals surface area contributed by atoms with Crippen LogP contribution in [0.1, 0.15) is 26.7 Å². The van der Waals surface area contributed by atoms with E-state index in [4.69, 9.17) is 5.73 Å². The maximum Gasteiger partial charge on any atom is 0.243 e. The Kier molecular flexibility index (Phi) is 5.50. The van der Waals surface area contributed by atoms with Gasteiger partial charge in [0.25, 0.3) is 0 Å². The van der Waals surface area contributed by atoms with E-state index in [1.165, 1.54) is 28.6 Å². The minimum Gasteiger partial charge on any atom is -0.328 e. The molecule has 1 heterocycles. The predicted molar refractivity (Wildman–Crippen MR) is 89.3 cm³/mol. The summed E-state index contributed by atoms with van der Waals surface area (Å²) in [6, 6.07) is 5.41. The summed E-state index contributed by atoms with van der Waals surface area (Å²) >= 11 is 0. The zero-order chi connectivity index (χ0) is 17.3. The number of sulfone groups is 1. The van der Waals surface area contributed by atoms with Crippen LogP contribution < -0.4 is 5.73 Å². The molecule has 1 aliphatic rings. The first-order chi connectivity index (χ1) is 10.7. The molecule has 2 atom stereocenters. The Morgan fingerprint density at radius 3 is 2.26 bits per heavy atom. The van der Waals surface area contributed by atoms with Crippen LogP contribution in [-0.4, -0.2) is 46.0 Å². The second-order valence-corrected chi connectivity index (χ2v) is 10.2. The number of hydrogen-bond donors (Lipinski definition) is 1. The fourth-order valence-electron chi connectivity index (χ4n) is 2.76. The van der Waals surface area contributed by atoms with Gasteiger partial charge < -0.3 is 5.73 Å². The van der Waals surface area contributed by atoms with Gasteiger partial charge in [0, 0.05) is 19.1 Å². The average molecular weight is 361 g/mol. The molecule has 0 radical (unpaired) electrons. The van der Waals surface area contributed by atoms with Crippen LogP contribution >= 0.6 is 0 Å². The lowest BCUT2D eigenvalue weighted by molar-refractivity contribution is 0.243. The Balaban J connectivity index is 2.26. The van der Waals surface area contributed by atoms with Crippen LogP contribution in [0.5, 0.6) is 0 Å². The molecule has 0 aromatic heterocycles. The summed E-state index contributed by atoms with van der Waals surface area (Å²) in [6.07, 6.45) is 1.71. The van der Waals surface area contributed by atoms with Gasteiger partial charge in [-0.3, -0.25) is 0 Å². The highest BCUT2D eigenvalue weighted by Crippen LogP contribution is 2.25. The number of benzene rings is 1. The smallest absolute Gasteiger partial charge is 0.243 e. The number of rotatable bonds is 5. The van der Waals surface area contributed by atoms with Crippen LogP contribution in [0.4, 0.5) is 0 Å². The lowest BCUT2D eigenvalue weighted by atomic mass is 9.93. The fraction of sp³-hybridized carbons (Fsp3) is 0.600. The average Bonchev–Trinajstić information content (AvgIpc) is 2.55. The lowest BCUT2D eigenvalue weighted by Crippen LogP contribution is -2.44. The van der Waals surface area contributed by atoms with E-state index in [0.717, 1.165) is 12.8 Å². The largest absolute Gasteiger partial charge is 0.328 e. The van der Waals surface area contributed by atoms with Crippen molar-refractivity contribution >= 4 is 19.9 Å². The molecule has 2 N–H and O–H groups in total. The van der Waals surface area contributed by atoms with Crippen molar-refractivity contribution in [3.8, 4) is 0 Å². The molecule has 6 nitrogen and oxygen atoms in total. The molecule has 130 valence electrons. The number of piperidine rings is 1. The Hall–Kier alpha value is -0.960. The summed E-state index contributed by atoms with van der Waals surface area (Å²) in [5, 5.41) is 0. The van der Waals surface area contributed by atoms with Crippen LogP contribution in [0, 0.1) is 5.92 Å². The Labute approximate surface area is 138 Å². The Bertz CT molecular complexity index is 740. The molecule has 0 bridgehead atoms. The van der Waals surface area contributed by atoms with Crippen LogP contribution in [0.3, 0.4) is 0 Å². The van der Waals surface area contributed by atoms with Crippen molar-refractivity contribution in [2.45, 2.75) is 42.5 Å². The Morgan fingerprint density at radius 2 is 1.74 bits per heavy atom. The summed E-state index contributed by atoms with van der Waals surface area (Å²) in [4.78, 5) is 0.268. The van der Waals surface area contributed by atoms with Crippen molar-refractivity contribution < 1.29 is 16.8 Å². The third kappa shape index (κ3) is 3.93. The third-order valence-electron chi connectivity index (χ3n) is 4.36. The quantitative estimate of drug-likeness (QED) is 0.852. The molecule has 0 amide bonds. The van der Waals surface area contributed by atoms with Crippen LogP contribution in [0.15, 0.2) is 34.1 Å². The highest BCUT2D eigenvalue weighted by molar-refractivity contribution is 7.91. The molecule has 1 fully saturated rings. The number of sulfonamides is 1. The van der Waals surface area contributed by atoms with E-state index in [1.54, 1.807) is 6.92 Å². The molecule has 2 unspecified atom stereocenters. The van der Waals surface area contributed by atoms with Gasteiger partial charge in [-0.05, 0) is 49.9 Å². The highest BCUT2D eigenvalue weighted by Gasteiger charge is 2.31. The molecule has 1 saturated heterocycles. The summed E-state index contributed by atoms with van der Waals surface area (Å²) < 4.78 is 50.5. The zero-order valence-corrected chi connectivity index (χ0v) is 15.1. The second kappa shape index (κ2) is 6.88. The van der Waals surface area contributed by atoms with Crippen LogP contribution in [-0.2, 0) is 19.9 Å². The molecule has 23 heavy (non-hydrogen) atoms. The van der Waals surface area contributed by atoms with Gasteiger partial charge >= 0.3 is 0 Å². The van der Waals surface area contributed by atoms with Gasteiger partial charge in [0.15, 0.2) is 9.84 Å². The molecular formula is C15H24N2O4S2. The van der Waals surface area contributed by atoms with E-state index in [9.17, 15) is 16.8 Å². The molecule has 0 aliphatic carbocycles. The molecular weight excluding hydrogens is 336 g/mol. The Morgan fingerprint density at radius 1 is 1.17 bits per heavy atom. The van der Waals surface area contributed by atoms with E-state index in [2.05, 4.69) is 0 Å². The predicted octanol–water partition coefficient (Wildman–Crippen LogP) is 1.23. The SMILES string of the molecule is CCS(=O)(=O)c1ccc(S(=O)(=O)N2CCCC(C(C)N)C2)cc1. The molecule has 1 aliphatic heterocycles. The third-order valence-corrected chi connectivity index (χ3v) is 7.99. The van der Waals surface area contributed by atoms with Gasteiger partial charge in [-0.1, -0.05) is 6.92 Å². The van der Waals surface area contributed by atoms with Crippen molar-refractivity contribution in [1.82, 2.24) is 4.31 Å². The normalized spacial score (nSPS) is 22.0. The van der Waals surface area contributed by atoms with Gasteiger partial charge in [0.05, 0.1) is 15.5 Å². The first kappa shape index (κ1) is 18.4. The maximum atomic E-state index is 12.7. The molecule has 8 heteroatoms. The minimum atomic E-state index is -3.61. The summed E-state index contributed by atoms with van der Waals surface area (Å²) in [7, 11) is -6.94. The van der Waals surface area contributed by atoms with Gasteiger partial charge in [-0.15, -0.1) is 0 Å². The number of hydrogen-bond acceptors (Lipinski definition) is 5. The van der Waals surface area contributed by atoms with E-state index in [0.29, 0.717) is 13.1 Å². The van der Waals surface area contributed by atoms with Gasteiger partial charge in [-0.25, -0.2) is 16.8 Å².